The van der Waals surface area contributed by atoms with Crippen LogP contribution in [-0.4, -0.2) is 40.2 Å². The van der Waals surface area contributed by atoms with Crippen LogP contribution in [0.3, 0.4) is 0 Å². The Labute approximate surface area is 120 Å². The number of aryl methyl sites for hydroxylation is 1. The van der Waals surface area contributed by atoms with Crippen molar-refractivity contribution in [3.63, 3.8) is 0 Å². The smallest absolute Gasteiger partial charge is 0.238 e. The minimum absolute atomic E-state index is 0.115. The molecule has 1 amide bonds. The van der Waals surface area contributed by atoms with Crippen LogP contribution in [0, 0.1) is 6.92 Å². The summed E-state index contributed by atoms with van der Waals surface area (Å²) in [5, 5.41) is 5.78. The molecule has 1 rings (SSSR count). The highest BCUT2D eigenvalue weighted by atomic mass is 32.2. The molecule has 0 bridgehead atoms. The third-order valence-corrected chi connectivity index (χ3v) is 3.33. The molecule has 0 fully saturated rings. The number of rotatable bonds is 8. The molecule has 1 aromatic rings. The first-order chi connectivity index (χ1) is 9.38. The number of carbonyl (C=O) groups is 1. The molecule has 0 aliphatic rings. The van der Waals surface area contributed by atoms with Crippen LogP contribution in [0.4, 0.5) is 5.69 Å². The summed E-state index contributed by atoms with van der Waals surface area (Å²) in [7, 11) is -3.13. The first kappa shape index (κ1) is 16.6. The number of hydrogen-bond donors (Lipinski definition) is 3. The van der Waals surface area contributed by atoms with Gasteiger partial charge in [-0.15, -0.1) is 0 Å². The van der Waals surface area contributed by atoms with Crippen molar-refractivity contribution < 1.29 is 13.2 Å². The highest BCUT2D eigenvalue weighted by Crippen LogP contribution is 2.12. The van der Waals surface area contributed by atoms with Crippen molar-refractivity contribution in [2.75, 3.05) is 31.2 Å². The molecule has 0 aliphatic carbocycles. The van der Waals surface area contributed by atoms with Crippen LogP contribution in [0.15, 0.2) is 24.3 Å². The van der Waals surface area contributed by atoms with Gasteiger partial charge in [0.15, 0.2) is 0 Å². The largest absolute Gasteiger partial charge is 0.325 e. The maximum absolute atomic E-state index is 11.7. The van der Waals surface area contributed by atoms with Gasteiger partial charge in [0, 0.05) is 12.2 Å². The second kappa shape index (κ2) is 7.98. The van der Waals surface area contributed by atoms with Crippen molar-refractivity contribution in [2.45, 2.75) is 13.3 Å². The van der Waals surface area contributed by atoms with E-state index in [1.807, 2.05) is 31.2 Å². The van der Waals surface area contributed by atoms with Gasteiger partial charge in [-0.1, -0.05) is 18.2 Å². The molecule has 112 valence electrons. The molecule has 3 N–H and O–H groups in total. The summed E-state index contributed by atoms with van der Waals surface area (Å²) in [4.78, 5) is 11.7. The molecule has 0 atom stereocenters. The Morgan fingerprint density at radius 2 is 1.90 bits per heavy atom. The average molecular weight is 299 g/mol. The van der Waals surface area contributed by atoms with Crippen LogP contribution in [0.2, 0.25) is 0 Å². The Balaban J connectivity index is 2.17. The van der Waals surface area contributed by atoms with Gasteiger partial charge in [-0.3, -0.25) is 4.79 Å². The SMILES string of the molecule is Cc1ccccc1NC(=O)CNCCCNS(C)(=O)=O. The average Bonchev–Trinajstić information content (AvgIpc) is 2.35. The molecular weight excluding hydrogens is 278 g/mol. The number of carbonyl (C=O) groups excluding carboxylic acids is 1. The Morgan fingerprint density at radius 3 is 2.55 bits per heavy atom. The summed E-state index contributed by atoms with van der Waals surface area (Å²) in [6.07, 6.45) is 1.75. The van der Waals surface area contributed by atoms with Gasteiger partial charge in [0.1, 0.15) is 0 Å². The zero-order valence-corrected chi connectivity index (χ0v) is 12.6. The molecule has 0 spiro atoms. The molecule has 1 aromatic carbocycles. The molecule has 0 aromatic heterocycles. The monoisotopic (exact) mass is 299 g/mol. The van der Waals surface area contributed by atoms with E-state index in [0.29, 0.717) is 19.5 Å². The molecule has 6 nitrogen and oxygen atoms in total. The van der Waals surface area contributed by atoms with Crippen molar-refractivity contribution >= 4 is 21.6 Å². The normalized spacial score (nSPS) is 11.3. The number of sulfonamides is 1. The molecular formula is C13H21N3O3S. The van der Waals surface area contributed by atoms with E-state index in [0.717, 1.165) is 17.5 Å². The Kier molecular flexibility index (Phi) is 6.63. The lowest BCUT2D eigenvalue weighted by Gasteiger charge is -2.09. The fourth-order valence-electron chi connectivity index (χ4n) is 1.58. The number of anilines is 1. The van der Waals surface area contributed by atoms with Gasteiger partial charge in [0.2, 0.25) is 15.9 Å². The Bertz CT molecular complexity index is 544. The van der Waals surface area contributed by atoms with Crippen LogP contribution in [-0.2, 0) is 14.8 Å². The van der Waals surface area contributed by atoms with E-state index in [-0.39, 0.29) is 12.5 Å². The second-order valence-electron chi connectivity index (χ2n) is 4.56. The third kappa shape index (κ3) is 7.22. The second-order valence-corrected chi connectivity index (χ2v) is 6.39. The highest BCUT2D eigenvalue weighted by molar-refractivity contribution is 7.88. The summed E-state index contributed by atoms with van der Waals surface area (Å²) in [6, 6.07) is 7.56. The van der Waals surface area contributed by atoms with Crippen LogP contribution in [0.25, 0.3) is 0 Å². The predicted octanol–water partition coefficient (Wildman–Crippen LogP) is 0.462. The molecule has 0 aliphatic heterocycles. The predicted molar refractivity (Wildman–Crippen MR) is 80.1 cm³/mol. The number of nitrogens with one attached hydrogen (secondary N) is 3. The minimum atomic E-state index is -3.13. The van der Waals surface area contributed by atoms with Gasteiger partial charge in [0.25, 0.3) is 0 Å². The fourth-order valence-corrected chi connectivity index (χ4v) is 2.10. The highest BCUT2D eigenvalue weighted by Gasteiger charge is 2.03. The summed E-state index contributed by atoms with van der Waals surface area (Å²) in [6.45, 7) is 3.07. The van der Waals surface area contributed by atoms with Crippen LogP contribution >= 0.6 is 0 Å². The number of amides is 1. The number of hydrogen-bond acceptors (Lipinski definition) is 4. The van der Waals surface area contributed by atoms with Gasteiger partial charge in [-0.25, -0.2) is 13.1 Å². The van der Waals surface area contributed by atoms with E-state index < -0.39 is 10.0 Å². The third-order valence-electron chi connectivity index (χ3n) is 2.60. The topological polar surface area (TPSA) is 87.3 Å². The van der Waals surface area contributed by atoms with Crippen molar-refractivity contribution in [2.24, 2.45) is 0 Å². The molecule has 20 heavy (non-hydrogen) atoms. The van der Waals surface area contributed by atoms with E-state index in [2.05, 4.69) is 15.4 Å². The van der Waals surface area contributed by atoms with Gasteiger partial charge < -0.3 is 10.6 Å². The maximum atomic E-state index is 11.7. The minimum Gasteiger partial charge on any atom is -0.325 e. The molecule has 0 heterocycles. The standard InChI is InChI=1S/C13H21N3O3S/c1-11-6-3-4-7-12(11)16-13(17)10-14-8-5-9-15-20(2,18)19/h3-4,6-7,14-15H,5,8-10H2,1-2H3,(H,16,17). The lowest BCUT2D eigenvalue weighted by Crippen LogP contribution is -2.31. The zero-order chi connectivity index (χ0) is 15.0. The lowest BCUT2D eigenvalue weighted by molar-refractivity contribution is -0.115. The molecule has 7 heteroatoms. The van der Waals surface area contributed by atoms with Crippen molar-refractivity contribution in [1.82, 2.24) is 10.0 Å². The molecule has 0 unspecified atom stereocenters. The van der Waals surface area contributed by atoms with E-state index in [1.165, 1.54) is 0 Å². The summed E-state index contributed by atoms with van der Waals surface area (Å²) in [5.41, 5.74) is 1.82. The van der Waals surface area contributed by atoms with Gasteiger partial charge >= 0.3 is 0 Å². The first-order valence-electron chi connectivity index (χ1n) is 6.39. The van der Waals surface area contributed by atoms with Gasteiger partial charge in [0.05, 0.1) is 12.8 Å². The first-order valence-corrected chi connectivity index (χ1v) is 8.28. The summed E-state index contributed by atoms with van der Waals surface area (Å²) in [5.74, 6) is -0.115. The van der Waals surface area contributed by atoms with Crippen molar-refractivity contribution in [3.8, 4) is 0 Å². The van der Waals surface area contributed by atoms with Crippen molar-refractivity contribution in [1.29, 1.82) is 0 Å². The Morgan fingerprint density at radius 1 is 1.20 bits per heavy atom. The quantitative estimate of drug-likeness (QED) is 0.609. The number of para-hydroxylation sites is 1. The molecule has 0 saturated carbocycles. The zero-order valence-electron chi connectivity index (χ0n) is 11.8. The van der Waals surface area contributed by atoms with E-state index in [1.54, 1.807) is 0 Å². The van der Waals surface area contributed by atoms with Crippen LogP contribution < -0.4 is 15.4 Å². The fraction of sp³-hybridized carbons (Fsp3) is 0.462. The summed E-state index contributed by atoms with van der Waals surface area (Å²) < 4.78 is 24.0. The van der Waals surface area contributed by atoms with Gasteiger partial charge in [-0.05, 0) is 31.5 Å². The van der Waals surface area contributed by atoms with E-state index in [9.17, 15) is 13.2 Å². The number of benzene rings is 1. The molecule has 0 radical (unpaired) electrons. The lowest BCUT2D eigenvalue weighted by atomic mass is 10.2. The van der Waals surface area contributed by atoms with E-state index in [4.69, 9.17) is 0 Å². The van der Waals surface area contributed by atoms with E-state index >= 15 is 0 Å². The van der Waals surface area contributed by atoms with Crippen LogP contribution in [0.1, 0.15) is 12.0 Å². The molecule has 0 saturated heterocycles. The van der Waals surface area contributed by atoms with Gasteiger partial charge in [-0.2, -0.15) is 0 Å². The van der Waals surface area contributed by atoms with Crippen LogP contribution in [0.5, 0.6) is 0 Å². The Hall–Kier alpha value is -1.44. The summed E-state index contributed by atoms with van der Waals surface area (Å²) >= 11 is 0. The maximum Gasteiger partial charge on any atom is 0.238 e. The van der Waals surface area contributed by atoms with Crippen molar-refractivity contribution in [3.05, 3.63) is 29.8 Å².